The first-order valence-corrected chi connectivity index (χ1v) is 8.52. The van der Waals surface area contributed by atoms with Crippen LogP contribution >= 0.6 is 27.3 Å². The van der Waals surface area contributed by atoms with Crippen molar-refractivity contribution in [2.45, 2.75) is 32.7 Å². The molecule has 22 heavy (non-hydrogen) atoms. The number of nitrogens with one attached hydrogen (secondary N) is 1. The zero-order chi connectivity index (χ0) is 16.5. The van der Waals surface area contributed by atoms with Gasteiger partial charge in [0.1, 0.15) is 6.04 Å². The number of halogens is 1. The average Bonchev–Trinajstić information content (AvgIpc) is 2.90. The normalized spacial score (nSPS) is 11.6. The zero-order valence-electron chi connectivity index (χ0n) is 12.4. The lowest BCUT2D eigenvalue weighted by molar-refractivity contribution is -0.146. The van der Waals surface area contributed by atoms with E-state index in [2.05, 4.69) is 21.2 Å². The Morgan fingerprint density at radius 1 is 1.27 bits per heavy atom. The molecule has 0 aliphatic heterocycles. The van der Waals surface area contributed by atoms with Crippen LogP contribution in [-0.4, -0.2) is 37.1 Å². The number of carbonyl (C=O) groups is 3. The van der Waals surface area contributed by atoms with Crippen LogP contribution in [-0.2, 0) is 19.1 Å². The Labute approximate surface area is 141 Å². The third kappa shape index (κ3) is 6.15. The minimum atomic E-state index is -0.879. The minimum Gasteiger partial charge on any atom is -0.466 e. The maximum absolute atomic E-state index is 12.1. The molecule has 1 atom stereocenters. The van der Waals surface area contributed by atoms with Crippen LogP contribution in [0.5, 0.6) is 0 Å². The van der Waals surface area contributed by atoms with E-state index in [0.29, 0.717) is 5.56 Å². The lowest BCUT2D eigenvalue weighted by Gasteiger charge is -2.16. The van der Waals surface area contributed by atoms with Gasteiger partial charge >= 0.3 is 11.9 Å². The van der Waals surface area contributed by atoms with E-state index < -0.39 is 18.0 Å². The summed E-state index contributed by atoms with van der Waals surface area (Å²) in [5, 5.41) is 4.27. The molecule has 0 unspecified atom stereocenters. The fourth-order valence-corrected chi connectivity index (χ4v) is 2.79. The molecule has 1 aromatic rings. The Morgan fingerprint density at radius 2 is 1.95 bits per heavy atom. The summed E-state index contributed by atoms with van der Waals surface area (Å²) in [7, 11) is 0. The maximum Gasteiger partial charge on any atom is 0.328 e. The number of hydrogen-bond acceptors (Lipinski definition) is 6. The van der Waals surface area contributed by atoms with E-state index in [-0.39, 0.29) is 32.0 Å². The van der Waals surface area contributed by atoms with Gasteiger partial charge in [-0.15, -0.1) is 11.3 Å². The summed E-state index contributed by atoms with van der Waals surface area (Å²) in [5.74, 6) is -1.36. The number of rotatable bonds is 8. The summed E-state index contributed by atoms with van der Waals surface area (Å²) < 4.78 is 10.6. The van der Waals surface area contributed by atoms with Crippen molar-refractivity contribution in [2.75, 3.05) is 13.2 Å². The van der Waals surface area contributed by atoms with E-state index in [9.17, 15) is 14.4 Å². The van der Waals surface area contributed by atoms with Gasteiger partial charge in [-0.3, -0.25) is 9.59 Å². The summed E-state index contributed by atoms with van der Waals surface area (Å²) in [4.78, 5) is 35.4. The zero-order valence-corrected chi connectivity index (χ0v) is 14.8. The third-order valence-corrected chi connectivity index (χ3v) is 4.15. The number of thiophene rings is 1. The standard InChI is InChI=1S/C14H18BrNO5S/c1-3-20-12(17)6-5-10(14(19)21-4-2)16-13(18)9-7-11(15)22-8-9/h7-8,10H,3-6H2,1-2H3,(H,16,18)/t10-/m1/s1. The second-order valence-corrected chi connectivity index (χ2v) is 6.55. The second kappa shape index (κ2) is 9.58. The highest BCUT2D eigenvalue weighted by Gasteiger charge is 2.24. The van der Waals surface area contributed by atoms with Crippen molar-refractivity contribution in [3.8, 4) is 0 Å². The van der Waals surface area contributed by atoms with Gasteiger partial charge in [-0.2, -0.15) is 0 Å². The quantitative estimate of drug-likeness (QED) is 0.688. The summed E-state index contributed by atoms with van der Waals surface area (Å²) in [6, 6.07) is 0.781. The molecule has 0 aliphatic carbocycles. The third-order valence-electron chi connectivity index (χ3n) is 2.65. The van der Waals surface area contributed by atoms with Crippen LogP contribution in [0.4, 0.5) is 0 Å². The van der Waals surface area contributed by atoms with Gasteiger partial charge in [0.05, 0.1) is 22.6 Å². The molecule has 1 N–H and O–H groups in total. The van der Waals surface area contributed by atoms with Gasteiger partial charge in [0.25, 0.3) is 5.91 Å². The number of carbonyl (C=O) groups excluding carboxylic acids is 3. The molecule has 0 saturated carbocycles. The molecule has 0 aliphatic rings. The largest absolute Gasteiger partial charge is 0.466 e. The average molecular weight is 392 g/mol. The molecule has 1 rings (SSSR count). The van der Waals surface area contributed by atoms with Crippen LogP contribution in [0.3, 0.4) is 0 Å². The monoisotopic (exact) mass is 391 g/mol. The maximum atomic E-state index is 12.1. The van der Waals surface area contributed by atoms with Gasteiger partial charge in [-0.25, -0.2) is 4.79 Å². The van der Waals surface area contributed by atoms with E-state index in [4.69, 9.17) is 9.47 Å². The van der Waals surface area contributed by atoms with Crippen LogP contribution < -0.4 is 5.32 Å². The number of amides is 1. The molecular formula is C14H18BrNO5S. The number of hydrogen-bond donors (Lipinski definition) is 1. The van der Waals surface area contributed by atoms with Crippen LogP contribution in [0.25, 0.3) is 0 Å². The van der Waals surface area contributed by atoms with Crippen LogP contribution in [0.1, 0.15) is 37.0 Å². The molecule has 0 bridgehead atoms. The SMILES string of the molecule is CCOC(=O)CC[C@@H](NC(=O)c1csc(Br)c1)C(=O)OCC. The summed E-state index contributed by atoms with van der Waals surface area (Å²) >= 11 is 4.64. The van der Waals surface area contributed by atoms with Gasteiger partial charge in [-0.1, -0.05) is 0 Å². The van der Waals surface area contributed by atoms with Crippen molar-refractivity contribution in [3.63, 3.8) is 0 Å². The van der Waals surface area contributed by atoms with Crippen molar-refractivity contribution in [1.82, 2.24) is 5.32 Å². The van der Waals surface area contributed by atoms with Gasteiger partial charge in [-0.05, 0) is 42.3 Å². The minimum absolute atomic E-state index is 0.0327. The van der Waals surface area contributed by atoms with Crippen LogP contribution in [0.15, 0.2) is 15.2 Å². The highest BCUT2D eigenvalue weighted by Crippen LogP contribution is 2.20. The van der Waals surface area contributed by atoms with E-state index in [0.717, 1.165) is 3.79 Å². The van der Waals surface area contributed by atoms with Gasteiger partial charge in [0.15, 0.2) is 0 Å². The molecule has 1 heterocycles. The van der Waals surface area contributed by atoms with E-state index in [1.807, 2.05) is 0 Å². The Bertz CT molecular complexity index is 531. The lowest BCUT2D eigenvalue weighted by Crippen LogP contribution is -2.42. The summed E-state index contributed by atoms with van der Waals surface area (Å²) in [5.41, 5.74) is 0.447. The van der Waals surface area contributed by atoms with Crippen molar-refractivity contribution in [1.29, 1.82) is 0 Å². The first kappa shape index (κ1) is 18.6. The van der Waals surface area contributed by atoms with Gasteiger partial charge < -0.3 is 14.8 Å². The molecule has 0 spiro atoms. The van der Waals surface area contributed by atoms with Crippen LogP contribution in [0.2, 0.25) is 0 Å². The van der Waals surface area contributed by atoms with E-state index in [1.54, 1.807) is 25.3 Å². The molecule has 0 aromatic carbocycles. The Kier molecular flexibility index (Phi) is 8.11. The molecule has 0 saturated heterocycles. The van der Waals surface area contributed by atoms with Crippen molar-refractivity contribution in [3.05, 3.63) is 20.8 Å². The predicted molar refractivity (Wildman–Crippen MR) is 85.8 cm³/mol. The first-order chi connectivity index (χ1) is 10.5. The second-order valence-electron chi connectivity index (χ2n) is 4.26. The topological polar surface area (TPSA) is 81.7 Å². The molecule has 6 nitrogen and oxygen atoms in total. The molecular weight excluding hydrogens is 374 g/mol. The van der Waals surface area contributed by atoms with Gasteiger partial charge in [0.2, 0.25) is 0 Å². The summed E-state index contributed by atoms with van der Waals surface area (Å²) in [6.45, 7) is 3.86. The van der Waals surface area contributed by atoms with Crippen LogP contribution in [0, 0.1) is 0 Å². The highest BCUT2D eigenvalue weighted by molar-refractivity contribution is 9.11. The Balaban J connectivity index is 2.66. The molecule has 8 heteroatoms. The fraction of sp³-hybridized carbons (Fsp3) is 0.500. The highest BCUT2D eigenvalue weighted by atomic mass is 79.9. The molecule has 1 amide bonds. The molecule has 0 radical (unpaired) electrons. The summed E-state index contributed by atoms with van der Waals surface area (Å²) in [6.07, 6.45) is 0.166. The lowest BCUT2D eigenvalue weighted by atomic mass is 10.1. The van der Waals surface area contributed by atoms with E-state index in [1.165, 1.54) is 11.3 Å². The van der Waals surface area contributed by atoms with Crippen molar-refractivity contribution >= 4 is 45.1 Å². The number of esters is 2. The van der Waals surface area contributed by atoms with Crippen molar-refractivity contribution < 1.29 is 23.9 Å². The van der Waals surface area contributed by atoms with Crippen molar-refractivity contribution in [2.24, 2.45) is 0 Å². The predicted octanol–water partition coefficient (Wildman–Crippen LogP) is 2.52. The Morgan fingerprint density at radius 3 is 2.50 bits per heavy atom. The molecule has 122 valence electrons. The first-order valence-electron chi connectivity index (χ1n) is 6.85. The van der Waals surface area contributed by atoms with E-state index >= 15 is 0 Å². The fourth-order valence-electron chi connectivity index (χ4n) is 1.66. The molecule has 0 fully saturated rings. The molecule has 1 aromatic heterocycles. The Hall–Kier alpha value is -1.41. The smallest absolute Gasteiger partial charge is 0.328 e. The van der Waals surface area contributed by atoms with Gasteiger partial charge in [0, 0.05) is 11.8 Å². The number of ether oxygens (including phenoxy) is 2.